The Labute approximate surface area is 164 Å². The van der Waals surface area contributed by atoms with Crippen LogP contribution < -0.4 is 4.87 Å². The van der Waals surface area contributed by atoms with Gasteiger partial charge in [0.15, 0.2) is 0 Å². The summed E-state index contributed by atoms with van der Waals surface area (Å²) in [5.41, 5.74) is -0.537. The number of hydrogen-bond donors (Lipinski definition) is 2. The van der Waals surface area contributed by atoms with E-state index < -0.39 is 27.7 Å². The third-order valence-corrected chi connectivity index (χ3v) is 6.14. The lowest BCUT2D eigenvalue weighted by Gasteiger charge is -2.25. The number of nitrogens with zero attached hydrogens (tertiary/aromatic N) is 1. The van der Waals surface area contributed by atoms with Crippen LogP contribution >= 0.6 is 23.1 Å². The molecule has 0 fully saturated rings. The minimum absolute atomic E-state index is 0.0206. The topological polar surface area (TPSA) is 149 Å². The summed E-state index contributed by atoms with van der Waals surface area (Å²) in [6.07, 6.45) is 0. The molecule has 2 N–H and O–H groups in total. The maximum absolute atomic E-state index is 12.5. The average molecular weight is 424 g/mol. The number of nitro groups is 1. The highest BCUT2D eigenvalue weighted by molar-refractivity contribution is 8.04. The molecule has 0 unspecified atom stereocenters. The van der Waals surface area contributed by atoms with Crippen molar-refractivity contribution >= 4 is 40.7 Å². The van der Waals surface area contributed by atoms with Crippen LogP contribution in [0.25, 0.3) is 0 Å². The van der Waals surface area contributed by atoms with E-state index in [1.54, 1.807) is 0 Å². The molecule has 146 valence electrons. The molecule has 0 bridgehead atoms. The number of aromatic nitrogens is 1. The summed E-state index contributed by atoms with van der Waals surface area (Å²) >= 11 is 1.58. The summed E-state index contributed by atoms with van der Waals surface area (Å²) in [6, 6.07) is 3.29. The van der Waals surface area contributed by atoms with Gasteiger partial charge in [-0.15, -0.1) is 0 Å². The smallest absolute Gasteiger partial charge is 0.345 e. The fourth-order valence-electron chi connectivity index (χ4n) is 2.76. The van der Waals surface area contributed by atoms with Crippen molar-refractivity contribution in [1.82, 2.24) is 4.98 Å². The number of esters is 2. The first-order chi connectivity index (χ1) is 13.3. The number of hydrogen-bond acceptors (Lipinski definition) is 10. The number of non-ortho nitro benzene ring substituents is 1. The van der Waals surface area contributed by atoms with Gasteiger partial charge in [0.2, 0.25) is 0 Å². The molecule has 3 rings (SSSR count). The van der Waals surface area contributed by atoms with Gasteiger partial charge in [0.25, 0.3) is 5.69 Å². The molecule has 2 aromatic rings. The zero-order valence-electron chi connectivity index (χ0n) is 14.4. The number of phenols is 1. The van der Waals surface area contributed by atoms with Crippen LogP contribution in [-0.4, -0.2) is 41.2 Å². The fourth-order valence-corrected chi connectivity index (χ4v) is 4.98. The molecule has 0 aliphatic carbocycles. The standard InChI is InChI=1S/C16H12N2O8S2/c1-25-14(20)10-9(7-5-6(18(23)24)3-4-8(7)19)11-13(17-16(22)28-11)27-12(10)15(21)26-2/h3-5,9,19H,1-2H3,(H,17,22)/t9-/m1/s1. The Morgan fingerprint density at radius 3 is 2.54 bits per heavy atom. The number of nitro benzene ring substituents is 1. The van der Waals surface area contributed by atoms with Gasteiger partial charge in [-0.3, -0.25) is 14.9 Å². The van der Waals surface area contributed by atoms with Gasteiger partial charge in [0, 0.05) is 17.7 Å². The van der Waals surface area contributed by atoms with Crippen molar-refractivity contribution in [3.8, 4) is 5.75 Å². The molecule has 0 spiro atoms. The van der Waals surface area contributed by atoms with Gasteiger partial charge in [-0.1, -0.05) is 23.1 Å². The van der Waals surface area contributed by atoms with E-state index in [1.807, 2.05) is 0 Å². The summed E-state index contributed by atoms with van der Waals surface area (Å²) in [6.45, 7) is 0. The minimum atomic E-state index is -1.14. The van der Waals surface area contributed by atoms with Crippen LogP contribution in [0, 0.1) is 10.1 Å². The summed E-state index contributed by atoms with van der Waals surface area (Å²) in [7, 11) is 2.23. The number of aromatic amines is 1. The first-order valence-electron chi connectivity index (χ1n) is 7.57. The second-order valence-corrected chi connectivity index (χ2v) is 7.50. The Balaban J connectivity index is 2.36. The molecule has 12 heteroatoms. The number of fused-ring (bicyclic) bond motifs is 1. The molecule has 28 heavy (non-hydrogen) atoms. The van der Waals surface area contributed by atoms with E-state index in [0.717, 1.165) is 55.5 Å². The molecule has 1 aromatic heterocycles. The number of benzene rings is 1. The lowest BCUT2D eigenvalue weighted by molar-refractivity contribution is -0.384. The quantitative estimate of drug-likeness (QED) is 0.426. The summed E-state index contributed by atoms with van der Waals surface area (Å²) in [4.78, 5) is 49.5. The van der Waals surface area contributed by atoms with Crippen LogP contribution in [0.1, 0.15) is 16.4 Å². The third-order valence-electron chi connectivity index (χ3n) is 3.95. The fraction of sp³-hybridized carbons (Fsp3) is 0.188. The van der Waals surface area contributed by atoms with Crippen molar-refractivity contribution in [3.63, 3.8) is 0 Å². The van der Waals surface area contributed by atoms with Crippen molar-refractivity contribution in [2.45, 2.75) is 10.9 Å². The summed E-state index contributed by atoms with van der Waals surface area (Å²) in [5.74, 6) is -3.23. The van der Waals surface area contributed by atoms with Gasteiger partial charge in [-0.25, -0.2) is 9.59 Å². The van der Waals surface area contributed by atoms with Crippen LogP contribution in [0.2, 0.25) is 0 Å². The number of H-pyrrole nitrogens is 1. The number of thiazole rings is 1. The minimum Gasteiger partial charge on any atom is -0.508 e. The maximum atomic E-state index is 12.5. The molecule has 0 amide bonds. The van der Waals surface area contributed by atoms with Crippen molar-refractivity contribution < 1.29 is 29.1 Å². The Kier molecular flexibility index (Phi) is 5.25. The lowest BCUT2D eigenvalue weighted by Crippen LogP contribution is -2.22. The Bertz CT molecular complexity index is 1080. The number of carbonyl (C=O) groups excluding carboxylic acids is 2. The van der Waals surface area contributed by atoms with Gasteiger partial charge >= 0.3 is 16.8 Å². The maximum Gasteiger partial charge on any atom is 0.345 e. The van der Waals surface area contributed by atoms with E-state index in [1.165, 1.54) is 0 Å². The number of methoxy groups -OCH3 is 2. The molecule has 1 aromatic carbocycles. The van der Waals surface area contributed by atoms with Gasteiger partial charge in [0.05, 0.1) is 40.5 Å². The van der Waals surface area contributed by atoms with Crippen LogP contribution in [0.3, 0.4) is 0 Å². The molecule has 1 aliphatic heterocycles. The van der Waals surface area contributed by atoms with Crippen molar-refractivity contribution in [2.75, 3.05) is 14.2 Å². The highest BCUT2D eigenvalue weighted by Gasteiger charge is 2.41. The Morgan fingerprint density at radius 2 is 1.93 bits per heavy atom. The SMILES string of the molecule is COC(=O)C1=C(C(=O)OC)[C@@H](c2cc([N+](=O)[O-])ccc2O)c2sc(=O)[nH]c2S1. The van der Waals surface area contributed by atoms with E-state index in [-0.39, 0.29) is 32.5 Å². The number of thioether (sulfide) groups is 1. The van der Waals surface area contributed by atoms with Crippen molar-refractivity contribution in [1.29, 1.82) is 0 Å². The zero-order chi connectivity index (χ0) is 20.6. The van der Waals surface area contributed by atoms with E-state index >= 15 is 0 Å². The first-order valence-corrected chi connectivity index (χ1v) is 9.20. The van der Waals surface area contributed by atoms with Crippen molar-refractivity contribution in [2.24, 2.45) is 0 Å². The highest BCUT2D eigenvalue weighted by Crippen LogP contribution is 2.50. The molecule has 10 nitrogen and oxygen atoms in total. The van der Waals surface area contributed by atoms with Gasteiger partial charge in [-0.05, 0) is 6.07 Å². The monoisotopic (exact) mass is 424 g/mol. The highest BCUT2D eigenvalue weighted by atomic mass is 32.2. The first kappa shape index (κ1) is 19.6. The average Bonchev–Trinajstić information content (AvgIpc) is 3.05. The van der Waals surface area contributed by atoms with Gasteiger partial charge in [-0.2, -0.15) is 0 Å². The number of nitrogens with one attached hydrogen (secondary N) is 1. The molecular formula is C16H12N2O8S2. The van der Waals surface area contributed by atoms with E-state index in [0.29, 0.717) is 4.88 Å². The molecule has 0 saturated carbocycles. The van der Waals surface area contributed by atoms with E-state index in [9.17, 15) is 29.6 Å². The number of ether oxygens (including phenoxy) is 2. The number of rotatable bonds is 4. The van der Waals surface area contributed by atoms with Crippen molar-refractivity contribution in [3.05, 3.63) is 58.9 Å². The van der Waals surface area contributed by atoms with Crippen LogP contribution in [0.5, 0.6) is 5.75 Å². The Hall–Kier alpha value is -3.12. The largest absolute Gasteiger partial charge is 0.508 e. The third kappa shape index (κ3) is 3.27. The molecule has 0 saturated heterocycles. The molecule has 1 aliphatic rings. The summed E-state index contributed by atoms with van der Waals surface area (Å²) in [5, 5.41) is 21.8. The second kappa shape index (κ2) is 7.48. The van der Waals surface area contributed by atoms with Gasteiger partial charge in [0.1, 0.15) is 10.7 Å². The molecule has 0 radical (unpaired) electrons. The molecule has 2 heterocycles. The summed E-state index contributed by atoms with van der Waals surface area (Å²) < 4.78 is 9.52. The second-order valence-electron chi connectivity index (χ2n) is 5.47. The van der Waals surface area contributed by atoms with Crippen LogP contribution in [0.15, 0.2) is 38.5 Å². The van der Waals surface area contributed by atoms with E-state index in [2.05, 4.69) is 4.98 Å². The predicted molar refractivity (Wildman–Crippen MR) is 98.5 cm³/mol. The van der Waals surface area contributed by atoms with E-state index in [4.69, 9.17) is 9.47 Å². The zero-order valence-corrected chi connectivity index (χ0v) is 16.0. The Morgan fingerprint density at radius 1 is 1.25 bits per heavy atom. The lowest BCUT2D eigenvalue weighted by atomic mass is 9.88. The van der Waals surface area contributed by atoms with Crippen LogP contribution in [-0.2, 0) is 19.1 Å². The number of carbonyl (C=O) groups is 2. The number of aromatic hydroxyl groups is 1. The molecular weight excluding hydrogens is 412 g/mol. The normalized spacial score (nSPS) is 15.7. The predicted octanol–water partition coefficient (Wildman–Crippen LogP) is 1.89. The van der Waals surface area contributed by atoms with Gasteiger partial charge < -0.3 is 19.6 Å². The number of phenolic OH excluding ortho intramolecular Hbond substituents is 1. The molecule has 1 atom stereocenters. The van der Waals surface area contributed by atoms with Crippen LogP contribution in [0.4, 0.5) is 5.69 Å².